The minimum absolute atomic E-state index is 0.266. The van der Waals surface area contributed by atoms with E-state index in [2.05, 4.69) is 15.9 Å². The van der Waals surface area contributed by atoms with Crippen molar-refractivity contribution >= 4 is 15.9 Å². The lowest BCUT2D eigenvalue weighted by Gasteiger charge is -2.12. The molecule has 0 aromatic heterocycles. The monoisotopic (exact) mass is 342 g/mol. The molecule has 0 fully saturated rings. The molecule has 0 N–H and O–H groups in total. The summed E-state index contributed by atoms with van der Waals surface area (Å²) in [5.41, 5.74) is 1.47. The number of rotatable bonds is 4. The van der Waals surface area contributed by atoms with E-state index in [0.717, 1.165) is 5.56 Å². The maximum atomic E-state index is 13.9. The number of alkyl halides is 1. The van der Waals surface area contributed by atoms with E-state index >= 15 is 0 Å². The van der Waals surface area contributed by atoms with Crippen LogP contribution in [-0.4, -0.2) is 7.11 Å². The lowest BCUT2D eigenvalue weighted by atomic mass is 10.2. The van der Waals surface area contributed by atoms with Crippen LogP contribution in [0, 0.1) is 18.6 Å². The van der Waals surface area contributed by atoms with Gasteiger partial charge in [-0.25, -0.2) is 8.78 Å². The van der Waals surface area contributed by atoms with Crippen LogP contribution in [0.4, 0.5) is 8.78 Å². The molecule has 0 amide bonds. The molecule has 0 saturated heterocycles. The van der Waals surface area contributed by atoms with E-state index in [1.807, 2.05) is 6.92 Å². The second kappa shape index (κ2) is 6.22. The molecule has 0 bridgehead atoms. The second-order valence-electron chi connectivity index (χ2n) is 4.28. The van der Waals surface area contributed by atoms with Gasteiger partial charge in [-0.15, -0.1) is 0 Å². The summed E-state index contributed by atoms with van der Waals surface area (Å²) >= 11 is 3.15. The predicted molar refractivity (Wildman–Crippen MR) is 76.8 cm³/mol. The third-order valence-electron chi connectivity index (χ3n) is 2.74. The van der Waals surface area contributed by atoms with Crippen LogP contribution in [0.3, 0.4) is 0 Å². The van der Waals surface area contributed by atoms with Gasteiger partial charge < -0.3 is 9.47 Å². The Morgan fingerprint density at radius 1 is 1.05 bits per heavy atom. The van der Waals surface area contributed by atoms with Gasteiger partial charge in [-0.1, -0.05) is 22.0 Å². The van der Waals surface area contributed by atoms with E-state index in [0.29, 0.717) is 16.6 Å². The minimum atomic E-state index is -0.748. The van der Waals surface area contributed by atoms with Gasteiger partial charge >= 0.3 is 0 Å². The fourth-order valence-electron chi connectivity index (χ4n) is 1.76. The Kier molecular flexibility index (Phi) is 4.60. The highest BCUT2D eigenvalue weighted by atomic mass is 79.9. The lowest BCUT2D eigenvalue weighted by Crippen LogP contribution is -1.97. The Hall–Kier alpha value is -1.62. The van der Waals surface area contributed by atoms with Gasteiger partial charge in [0.05, 0.1) is 7.11 Å². The highest BCUT2D eigenvalue weighted by Gasteiger charge is 2.15. The fourth-order valence-corrected chi connectivity index (χ4v) is 2.08. The van der Waals surface area contributed by atoms with E-state index < -0.39 is 17.4 Å². The van der Waals surface area contributed by atoms with Crippen LogP contribution >= 0.6 is 15.9 Å². The highest BCUT2D eigenvalue weighted by Crippen LogP contribution is 2.35. The lowest BCUT2D eigenvalue weighted by molar-refractivity contribution is 0.359. The summed E-state index contributed by atoms with van der Waals surface area (Å²) in [6.07, 6.45) is 0. The van der Waals surface area contributed by atoms with Gasteiger partial charge in [0.15, 0.2) is 28.9 Å². The third-order valence-corrected chi connectivity index (χ3v) is 3.39. The minimum Gasteiger partial charge on any atom is -0.493 e. The van der Waals surface area contributed by atoms with Crippen LogP contribution in [0.25, 0.3) is 0 Å². The zero-order valence-electron chi connectivity index (χ0n) is 11.0. The van der Waals surface area contributed by atoms with Crippen molar-refractivity contribution in [1.82, 2.24) is 0 Å². The molecular formula is C15H13BrF2O2. The molecule has 2 aromatic rings. The van der Waals surface area contributed by atoms with Crippen LogP contribution < -0.4 is 9.47 Å². The molecule has 0 aliphatic heterocycles. The van der Waals surface area contributed by atoms with Crippen molar-refractivity contribution in [2.75, 3.05) is 7.11 Å². The number of hydrogen-bond acceptors (Lipinski definition) is 2. The summed E-state index contributed by atoms with van der Waals surface area (Å²) < 4.78 is 38.2. The van der Waals surface area contributed by atoms with Crippen molar-refractivity contribution in [1.29, 1.82) is 0 Å². The molecule has 2 rings (SSSR count). The van der Waals surface area contributed by atoms with Crippen LogP contribution in [0.5, 0.6) is 17.2 Å². The average molecular weight is 343 g/mol. The number of hydrogen-bond donors (Lipinski definition) is 0. The summed E-state index contributed by atoms with van der Waals surface area (Å²) in [7, 11) is 1.47. The number of benzene rings is 2. The summed E-state index contributed by atoms with van der Waals surface area (Å²) in [6.45, 7) is 1.89. The first-order chi connectivity index (χ1) is 9.55. The molecule has 0 unspecified atom stereocenters. The quantitative estimate of drug-likeness (QED) is 0.730. The molecule has 0 aliphatic carbocycles. The van der Waals surface area contributed by atoms with Gasteiger partial charge in [0.2, 0.25) is 0 Å². The van der Waals surface area contributed by atoms with E-state index in [1.54, 1.807) is 18.2 Å². The van der Waals surface area contributed by atoms with Crippen LogP contribution in [-0.2, 0) is 5.33 Å². The second-order valence-corrected chi connectivity index (χ2v) is 4.84. The Balaban J connectivity index is 2.40. The largest absolute Gasteiger partial charge is 0.493 e. The SMILES string of the molecule is COc1cc(C)ccc1Oc1c(F)cc(CBr)cc1F. The first kappa shape index (κ1) is 14.8. The molecule has 0 saturated carbocycles. The topological polar surface area (TPSA) is 18.5 Å². The normalized spacial score (nSPS) is 10.4. The maximum Gasteiger partial charge on any atom is 0.198 e. The van der Waals surface area contributed by atoms with Crippen molar-refractivity contribution in [2.24, 2.45) is 0 Å². The number of halogens is 3. The molecule has 0 heterocycles. The molecule has 0 radical (unpaired) electrons. The molecule has 106 valence electrons. The summed E-state index contributed by atoms with van der Waals surface area (Å²) in [5, 5.41) is 0.370. The highest BCUT2D eigenvalue weighted by molar-refractivity contribution is 9.08. The summed E-state index contributed by atoms with van der Waals surface area (Å²) in [6, 6.07) is 7.59. The third kappa shape index (κ3) is 3.10. The number of ether oxygens (including phenoxy) is 2. The number of methoxy groups -OCH3 is 1. The van der Waals surface area contributed by atoms with Crippen LogP contribution in [0.1, 0.15) is 11.1 Å². The van der Waals surface area contributed by atoms with Gasteiger partial charge in [-0.3, -0.25) is 0 Å². The average Bonchev–Trinajstić information content (AvgIpc) is 2.43. The van der Waals surface area contributed by atoms with Crippen LogP contribution in [0.15, 0.2) is 30.3 Å². The molecule has 2 aromatic carbocycles. The van der Waals surface area contributed by atoms with E-state index in [4.69, 9.17) is 9.47 Å². The molecule has 0 aliphatic rings. The van der Waals surface area contributed by atoms with Gasteiger partial charge in [0, 0.05) is 5.33 Å². The van der Waals surface area contributed by atoms with E-state index in [1.165, 1.54) is 19.2 Å². The van der Waals surface area contributed by atoms with Gasteiger partial charge in [-0.05, 0) is 42.3 Å². The summed E-state index contributed by atoms with van der Waals surface area (Å²) in [4.78, 5) is 0. The van der Waals surface area contributed by atoms with Gasteiger partial charge in [0.1, 0.15) is 0 Å². The van der Waals surface area contributed by atoms with Gasteiger partial charge in [0.25, 0.3) is 0 Å². The molecule has 5 heteroatoms. The Bertz CT molecular complexity index is 606. The Morgan fingerprint density at radius 3 is 2.25 bits per heavy atom. The fraction of sp³-hybridized carbons (Fsp3) is 0.200. The molecule has 0 spiro atoms. The van der Waals surface area contributed by atoms with Crippen LogP contribution in [0.2, 0.25) is 0 Å². The molecule has 2 nitrogen and oxygen atoms in total. The first-order valence-corrected chi connectivity index (χ1v) is 7.03. The Labute approximate surface area is 124 Å². The first-order valence-electron chi connectivity index (χ1n) is 5.91. The summed E-state index contributed by atoms with van der Waals surface area (Å²) in [5.74, 6) is -1.24. The Morgan fingerprint density at radius 2 is 1.70 bits per heavy atom. The maximum absolute atomic E-state index is 13.9. The van der Waals surface area contributed by atoms with Crippen molar-refractivity contribution in [2.45, 2.75) is 12.3 Å². The van der Waals surface area contributed by atoms with Crippen molar-refractivity contribution in [3.63, 3.8) is 0 Å². The molecule has 20 heavy (non-hydrogen) atoms. The standard InChI is InChI=1S/C15H13BrF2O2/c1-9-3-4-13(14(5-9)19-2)20-15-11(17)6-10(8-16)7-12(15)18/h3-7H,8H2,1-2H3. The predicted octanol–water partition coefficient (Wildman–Crippen LogP) is 4.97. The number of aryl methyl sites for hydroxylation is 1. The van der Waals surface area contributed by atoms with E-state index in [9.17, 15) is 8.78 Å². The van der Waals surface area contributed by atoms with E-state index in [-0.39, 0.29) is 5.75 Å². The zero-order chi connectivity index (χ0) is 14.7. The zero-order valence-corrected chi connectivity index (χ0v) is 12.6. The molecule has 0 atom stereocenters. The smallest absolute Gasteiger partial charge is 0.198 e. The van der Waals surface area contributed by atoms with Crippen molar-refractivity contribution in [3.05, 3.63) is 53.1 Å². The van der Waals surface area contributed by atoms with Crippen molar-refractivity contribution in [3.8, 4) is 17.2 Å². The van der Waals surface area contributed by atoms with Crippen molar-refractivity contribution < 1.29 is 18.3 Å². The molecular weight excluding hydrogens is 330 g/mol. The van der Waals surface area contributed by atoms with Gasteiger partial charge in [-0.2, -0.15) is 0 Å².